The lowest BCUT2D eigenvalue weighted by Gasteiger charge is -2.45. The number of hydrogen-bond donors (Lipinski definition) is 3. The fourth-order valence-corrected chi connectivity index (χ4v) is 5.29. The molecule has 3 saturated heterocycles. The van der Waals surface area contributed by atoms with Gasteiger partial charge in [0.15, 0.2) is 5.82 Å². The maximum Gasteiger partial charge on any atom is 0.254 e. The second-order valence-corrected chi connectivity index (χ2v) is 8.92. The lowest BCUT2D eigenvalue weighted by atomic mass is 9.93. The van der Waals surface area contributed by atoms with Crippen LogP contribution < -0.4 is 16.0 Å². The predicted molar refractivity (Wildman–Crippen MR) is 115 cm³/mol. The summed E-state index contributed by atoms with van der Waals surface area (Å²) in [5.41, 5.74) is 8.12. The summed E-state index contributed by atoms with van der Waals surface area (Å²) in [5, 5.41) is 21.6. The topological polar surface area (TPSA) is 90.5 Å². The van der Waals surface area contributed by atoms with Gasteiger partial charge in [-0.15, -0.1) is 10.2 Å². The van der Waals surface area contributed by atoms with Gasteiger partial charge in [-0.2, -0.15) is 0 Å². The van der Waals surface area contributed by atoms with E-state index < -0.39 is 11.8 Å². The number of aromatic hydroxyl groups is 1. The molecular formula is C22H28F2N6O. The number of piperazine rings is 1. The van der Waals surface area contributed by atoms with Crippen LogP contribution in [0.4, 0.5) is 20.3 Å². The van der Waals surface area contributed by atoms with Gasteiger partial charge in [0.1, 0.15) is 5.75 Å². The van der Waals surface area contributed by atoms with Crippen LogP contribution in [0.25, 0.3) is 11.3 Å². The normalized spacial score (nSPS) is 28.1. The first-order valence-electron chi connectivity index (χ1n) is 10.9. The van der Waals surface area contributed by atoms with Crippen LogP contribution >= 0.6 is 0 Å². The largest absolute Gasteiger partial charge is 0.507 e. The Kier molecular flexibility index (Phi) is 5.18. The SMILES string of the molecule is Nc1nnc(-c2ccccc2O)cc1N1CC2CCC(C1)N2CC1CNCCC1(F)F. The summed E-state index contributed by atoms with van der Waals surface area (Å²) in [6.07, 6.45) is 1.91. The van der Waals surface area contributed by atoms with Gasteiger partial charge in [0, 0.05) is 62.7 Å². The molecule has 0 amide bonds. The van der Waals surface area contributed by atoms with Gasteiger partial charge in [0.2, 0.25) is 0 Å². The van der Waals surface area contributed by atoms with E-state index in [0.29, 0.717) is 36.7 Å². The summed E-state index contributed by atoms with van der Waals surface area (Å²) < 4.78 is 28.8. The molecule has 4 heterocycles. The molecule has 3 fully saturated rings. The average molecular weight is 431 g/mol. The number of rotatable bonds is 4. The molecule has 3 aliphatic rings. The fraction of sp³-hybridized carbons (Fsp3) is 0.545. The number of nitrogens with one attached hydrogen (secondary N) is 1. The summed E-state index contributed by atoms with van der Waals surface area (Å²) in [6.45, 7) is 2.63. The zero-order chi connectivity index (χ0) is 21.6. The monoisotopic (exact) mass is 430 g/mol. The highest BCUT2D eigenvalue weighted by Crippen LogP contribution is 2.39. The van der Waals surface area contributed by atoms with Crippen LogP contribution in [0, 0.1) is 5.92 Å². The van der Waals surface area contributed by atoms with E-state index in [1.807, 2.05) is 12.1 Å². The van der Waals surface area contributed by atoms with E-state index in [1.165, 1.54) is 0 Å². The Morgan fingerprint density at radius 3 is 2.61 bits per heavy atom. The fourth-order valence-electron chi connectivity index (χ4n) is 5.29. The highest BCUT2D eigenvalue weighted by molar-refractivity contribution is 5.74. The first-order chi connectivity index (χ1) is 14.9. The van der Waals surface area contributed by atoms with Gasteiger partial charge in [-0.1, -0.05) is 12.1 Å². The Labute approximate surface area is 180 Å². The van der Waals surface area contributed by atoms with Crippen molar-refractivity contribution in [2.24, 2.45) is 5.92 Å². The number of fused-ring (bicyclic) bond motifs is 2. The van der Waals surface area contributed by atoms with Gasteiger partial charge < -0.3 is 21.1 Å². The molecule has 3 unspecified atom stereocenters. The molecule has 0 spiro atoms. The minimum atomic E-state index is -2.60. The van der Waals surface area contributed by atoms with E-state index in [-0.39, 0.29) is 24.3 Å². The zero-order valence-electron chi connectivity index (χ0n) is 17.3. The third-order valence-corrected chi connectivity index (χ3v) is 7.01. The molecule has 2 bridgehead atoms. The van der Waals surface area contributed by atoms with Gasteiger partial charge in [0.25, 0.3) is 5.92 Å². The molecule has 1 aromatic carbocycles. The first kappa shape index (κ1) is 20.4. The number of nitrogens with zero attached hydrogens (tertiary/aromatic N) is 4. The Morgan fingerprint density at radius 2 is 1.90 bits per heavy atom. The van der Waals surface area contributed by atoms with Gasteiger partial charge in [-0.05, 0) is 31.0 Å². The molecule has 0 radical (unpaired) electrons. The van der Waals surface area contributed by atoms with Crippen LogP contribution in [0.2, 0.25) is 0 Å². The smallest absolute Gasteiger partial charge is 0.254 e. The highest BCUT2D eigenvalue weighted by atomic mass is 19.3. The molecule has 1 aromatic heterocycles. The number of benzene rings is 1. The zero-order valence-corrected chi connectivity index (χ0v) is 17.3. The van der Waals surface area contributed by atoms with E-state index in [2.05, 4.69) is 25.3 Å². The lowest BCUT2D eigenvalue weighted by molar-refractivity contribution is -0.0915. The first-order valence-corrected chi connectivity index (χ1v) is 10.9. The maximum atomic E-state index is 14.4. The summed E-state index contributed by atoms with van der Waals surface area (Å²) in [6, 6.07) is 9.30. The Bertz CT molecular complexity index is 943. The molecule has 7 nitrogen and oxygen atoms in total. The number of piperidine rings is 1. The van der Waals surface area contributed by atoms with Crippen molar-refractivity contribution in [1.82, 2.24) is 20.4 Å². The van der Waals surface area contributed by atoms with Crippen LogP contribution in [-0.2, 0) is 0 Å². The Morgan fingerprint density at radius 1 is 1.16 bits per heavy atom. The molecule has 31 heavy (non-hydrogen) atoms. The third kappa shape index (κ3) is 3.80. The molecule has 166 valence electrons. The van der Waals surface area contributed by atoms with Gasteiger partial charge in [0.05, 0.1) is 11.4 Å². The maximum absolute atomic E-state index is 14.4. The number of nitrogen functional groups attached to an aromatic ring is 1. The van der Waals surface area contributed by atoms with E-state index in [9.17, 15) is 13.9 Å². The number of halogens is 2. The van der Waals surface area contributed by atoms with Crippen molar-refractivity contribution < 1.29 is 13.9 Å². The van der Waals surface area contributed by atoms with E-state index in [4.69, 9.17) is 5.73 Å². The number of phenols is 1. The summed E-state index contributed by atoms with van der Waals surface area (Å²) in [7, 11) is 0. The Hall–Kier alpha value is -2.52. The number of aromatic nitrogens is 2. The van der Waals surface area contributed by atoms with Crippen molar-refractivity contribution in [3.8, 4) is 17.0 Å². The standard InChI is InChI=1S/C22H28F2N6O/c23-22(24)7-8-26-10-14(22)11-30-15-5-6-16(30)13-29(12-15)19-9-18(27-28-21(19)25)17-3-1-2-4-20(17)31/h1-4,9,14-16,26,31H,5-8,10-13H2,(H2,25,28). The minimum Gasteiger partial charge on any atom is -0.507 e. The predicted octanol–water partition coefficient (Wildman–Crippen LogP) is 2.33. The number of phenolic OH excluding ortho intramolecular Hbond substituents is 1. The van der Waals surface area contributed by atoms with Crippen molar-refractivity contribution in [2.75, 3.05) is 43.4 Å². The number of alkyl halides is 2. The number of anilines is 2. The Balaban J connectivity index is 1.35. The molecule has 3 aliphatic heterocycles. The van der Waals surface area contributed by atoms with Crippen molar-refractivity contribution in [1.29, 1.82) is 0 Å². The molecular weight excluding hydrogens is 402 g/mol. The highest BCUT2D eigenvalue weighted by Gasteiger charge is 2.47. The number of para-hydroxylation sites is 1. The number of nitrogens with two attached hydrogens (primary N) is 1. The quantitative estimate of drug-likeness (QED) is 0.686. The number of hydrogen-bond acceptors (Lipinski definition) is 7. The average Bonchev–Trinajstić information content (AvgIpc) is 2.97. The molecule has 9 heteroatoms. The van der Waals surface area contributed by atoms with Gasteiger partial charge >= 0.3 is 0 Å². The van der Waals surface area contributed by atoms with Crippen LogP contribution in [0.5, 0.6) is 5.75 Å². The third-order valence-electron chi connectivity index (χ3n) is 7.01. The molecule has 0 saturated carbocycles. The van der Waals surface area contributed by atoms with E-state index in [1.54, 1.807) is 18.2 Å². The van der Waals surface area contributed by atoms with Crippen LogP contribution in [0.1, 0.15) is 19.3 Å². The van der Waals surface area contributed by atoms with Crippen molar-refractivity contribution in [2.45, 2.75) is 37.3 Å². The summed E-state index contributed by atoms with van der Waals surface area (Å²) >= 11 is 0. The van der Waals surface area contributed by atoms with Gasteiger partial charge in [-0.3, -0.25) is 4.90 Å². The van der Waals surface area contributed by atoms with Crippen molar-refractivity contribution in [3.05, 3.63) is 30.3 Å². The summed E-state index contributed by atoms with van der Waals surface area (Å²) in [4.78, 5) is 4.49. The molecule has 0 aliphatic carbocycles. The van der Waals surface area contributed by atoms with Crippen molar-refractivity contribution >= 4 is 11.5 Å². The molecule has 2 aromatic rings. The molecule has 4 N–H and O–H groups in total. The second-order valence-electron chi connectivity index (χ2n) is 8.92. The van der Waals surface area contributed by atoms with Gasteiger partial charge in [-0.25, -0.2) is 8.78 Å². The van der Waals surface area contributed by atoms with E-state index >= 15 is 0 Å². The van der Waals surface area contributed by atoms with Crippen molar-refractivity contribution in [3.63, 3.8) is 0 Å². The minimum absolute atomic E-state index is 0.0821. The van der Waals surface area contributed by atoms with Crippen LogP contribution in [0.15, 0.2) is 30.3 Å². The second kappa shape index (κ2) is 7.87. The molecule has 3 atom stereocenters. The lowest BCUT2D eigenvalue weighted by Crippen LogP contribution is -2.58. The van der Waals surface area contributed by atoms with E-state index in [0.717, 1.165) is 31.6 Å². The summed E-state index contributed by atoms with van der Waals surface area (Å²) in [5.74, 6) is -2.76. The molecule has 5 rings (SSSR count). The van der Waals surface area contributed by atoms with Crippen LogP contribution in [-0.4, -0.2) is 70.9 Å². The van der Waals surface area contributed by atoms with Crippen LogP contribution in [0.3, 0.4) is 0 Å².